The van der Waals surface area contributed by atoms with Crippen LogP contribution >= 0.6 is 0 Å². The highest BCUT2D eigenvalue weighted by Gasteiger charge is 2.47. The summed E-state index contributed by atoms with van der Waals surface area (Å²) in [6, 6.07) is 6.86. The topological polar surface area (TPSA) is 121 Å². The van der Waals surface area contributed by atoms with Crippen LogP contribution < -0.4 is 15.0 Å². The number of hydrogen-bond acceptors (Lipinski definition) is 8. The lowest BCUT2D eigenvalue weighted by atomic mass is 10.0. The molecule has 202 valence electrons. The first-order valence-corrected chi connectivity index (χ1v) is 13.0. The van der Waals surface area contributed by atoms with E-state index in [1.165, 1.54) is 6.07 Å². The Morgan fingerprint density at radius 3 is 2.68 bits per heavy atom. The maximum absolute atomic E-state index is 14.1. The molecule has 4 heterocycles. The minimum absolute atomic E-state index is 0.206. The Bertz CT molecular complexity index is 1440. The lowest BCUT2D eigenvalue weighted by Gasteiger charge is -2.40. The first-order chi connectivity index (χ1) is 18.1. The second kappa shape index (κ2) is 9.87. The van der Waals surface area contributed by atoms with Crippen LogP contribution in [0.2, 0.25) is 0 Å². The summed E-state index contributed by atoms with van der Waals surface area (Å²) in [7, 11) is -5.50. The molecular formula is C23H22F4N6O4S. The summed E-state index contributed by atoms with van der Waals surface area (Å²) in [6.07, 6.45) is 1.89. The van der Waals surface area contributed by atoms with Gasteiger partial charge in [-0.25, -0.2) is 22.6 Å². The summed E-state index contributed by atoms with van der Waals surface area (Å²) in [5.74, 6) is 0.734. The van der Waals surface area contributed by atoms with Crippen molar-refractivity contribution in [2.75, 3.05) is 31.2 Å². The molecule has 5 rings (SSSR count). The third kappa shape index (κ3) is 4.90. The van der Waals surface area contributed by atoms with E-state index in [9.17, 15) is 30.8 Å². The molecule has 0 unspecified atom stereocenters. The van der Waals surface area contributed by atoms with Crippen LogP contribution in [0.3, 0.4) is 0 Å². The van der Waals surface area contributed by atoms with E-state index in [0.29, 0.717) is 43.8 Å². The number of ether oxygens (including phenoxy) is 1. The number of benzene rings is 1. The molecule has 2 N–H and O–H groups in total. The molecule has 0 aliphatic carbocycles. The average molecular weight is 555 g/mol. The summed E-state index contributed by atoms with van der Waals surface area (Å²) in [4.78, 5) is 18.0. The number of fused-ring (bicyclic) bond motifs is 1. The number of aromatic amines is 1. The average Bonchev–Trinajstić information content (AvgIpc) is 3.36. The quantitative estimate of drug-likeness (QED) is 0.447. The molecule has 1 saturated heterocycles. The Balaban J connectivity index is 1.29. The highest BCUT2D eigenvalue weighted by Crippen LogP contribution is 2.32. The maximum atomic E-state index is 14.1. The number of rotatable bonds is 6. The monoisotopic (exact) mass is 554 g/mol. The van der Waals surface area contributed by atoms with E-state index < -0.39 is 39.1 Å². The zero-order valence-electron chi connectivity index (χ0n) is 19.7. The number of hydrogen-bond donors (Lipinski definition) is 2. The number of carbonyl (C=O) groups is 1. The Kier molecular flexibility index (Phi) is 6.73. The van der Waals surface area contributed by atoms with E-state index in [2.05, 4.69) is 20.5 Å². The zero-order chi connectivity index (χ0) is 27.1. The van der Waals surface area contributed by atoms with E-state index >= 15 is 0 Å². The third-order valence-corrected chi connectivity index (χ3v) is 7.97. The molecule has 1 fully saturated rings. The first kappa shape index (κ1) is 25.9. The summed E-state index contributed by atoms with van der Waals surface area (Å²) < 4.78 is 80.8. The number of nitrogens with zero attached hydrogens (tertiary/aromatic N) is 4. The Labute approximate surface area is 214 Å². The predicted molar refractivity (Wildman–Crippen MR) is 127 cm³/mol. The Hall–Kier alpha value is -3.72. The van der Waals surface area contributed by atoms with Crippen molar-refractivity contribution >= 4 is 21.7 Å². The molecule has 0 bridgehead atoms. The van der Waals surface area contributed by atoms with Crippen LogP contribution in [0.4, 0.5) is 28.2 Å². The molecule has 1 atom stereocenters. The lowest BCUT2D eigenvalue weighted by molar-refractivity contribution is -0.0436. The number of nitrogens with one attached hydrogen (secondary N) is 2. The van der Waals surface area contributed by atoms with Crippen LogP contribution in [0.5, 0.6) is 5.75 Å². The van der Waals surface area contributed by atoms with Crippen molar-refractivity contribution in [3.8, 4) is 17.0 Å². The van der Waals surface area contributed by atoms with Crippen LogP contribution in [0, 0.1) is 0 Å². The van der Waals surface area contributed by atoms with Gasteiger partial charge in [-0.3, -0.25) is 10.00 Å². The molecule has 1 aromatic carbocycles. The SMILES string of the molecule is O=C1NCc2cc(-c3n[nH]cc3CN3CCN(c4ccc(S(=O)(=O)C(F)(F)F)cn4)C[C@H]3CF)ccc2O1. The van der Waals surface area contributed by atoms with Crippen molar-refractivity contribution in [2.24, 2.45) is 0 Å². The fraction of sp³-hybridized carbons (Fsp3) is 0.348. The van der Waals surface area contributed by atoms with Gasteiger partial charge < -0.3 is 15.0 Å². The molecule has 0 spiro atoms. The third-order valence-electron chi connectivity index (χ3n) is 6.50. The van der Waals surface area contributed by atoms with Crippen LogP contribution in [0.25, 0.3) is 11.3 Å². The molecule has 15 heteroatoms. The van der Waals surface area contributed by atoms with Crippen molar-refractivity contribution in [1.29, 1.82) is 0 Å². The van der Waals surface area contributed by atoms with E-state index in [1.54, 1.807) is 23.2 Å². The van der Waals surface area contributed by atoms with E-state index in [1.807, 2.05) is 11.0 Å². The lowest BCUT2D eigenvalue weighted by Crippen LogP contribution is -2.54. The molecule has 2 aliphatic heterocycles. The van der Waals surface area contributed by atoms with Gasteiger partial charge in [-0.15, -0.1) is 0 Å². The molecular weight excluding hydrogens is 532 g/mol. The summed E-state index contributed by atoms with van der Waals surface area (Å²) in [5.41, 5.74) is -2.32. The highest BCUT2D eigenvalue weighted by molar-refractivity contribution is 7.92. The number of sulfone groups is 1. The number of alkyl halides is 4. The molecule has 3 aromatic rings. The zero-order valence-corrected chi connectivity index (χ0v) is 20.5. The standard InChI is InChI=1S/C23H22F4N6O4S/c24-8-17-13-33(20-4-2-18(11-28-20)38(35,36)23(25,26)27)6-5-32(17)12-16-10-30-31-21(16)14-1-3-19-15(7-14)9-29-22(34)37-19/h1-4,7,10-11,17H,5-6,8-9,12-13H2,(H,29,34)(H,30,31)/t17-/m1/s1. The van der Waals surface area contributed by atoms with Gasteiger partial charge in [0.15, 0.2) is 0 Å². The molecule has 2 aliphatic rings. The number of amides is 1. The second-order valence-corrected chi connectivity index (χ2v) is 10.8. The molecule has 0 saturated carbocycles. The second-order valence-electron chi connectivity index (χ2n) is 8.85. The van der Waals surface area contributed by atoms with Gasteiger partial charge in [0.25, 0.3) is 9.84 Å². The van der Waals surface area contributed by atoms with Crippen molar-refractivity contribution in [3.05, 3.63) is 53.9 Å². The molecule has 1 amide bonds. The van der Waals surface area contributed by atoms with E-state index in [-0.39, 0.29) is 12.4 Å². The fourth-order valence-corrected chi connectivity index (χ4v) is 5.19. The van der Waals surface area contributed by atoms with Crippen LogP contribution in [0.1, 0.15) is 11.1 Å². The minimum atomic E-state index is -5.50. The normalized spacial score (nSPS) is 18.6. The fourth-order valence-electron chi connectivity index (χ4n) is 4.48. The van der Waals surface area contributed by atoms with Gasteiger partial charge >= 0.3 is 11.6 Å². The summed E-state index contributed by atoms with van der Waals surface area (Å²) >= 11 is 0. The van der Waals surface area contributed by atoms with Gasteiger partial charge in [-0.1, -0.05) is 0 Å². The van der Waals surface area contributed by atoms with E-state index in [0.717, 1.165) is 22.8 Å². The van der Waals surface area contributed by atoms with Crippen LogP contribution in [0.15, 0.2) is 47.6 Å². The molecule has 0 radical (unpaired) electrons. The number of halogens is 4. The van der Waals surface area contributed by atoms with Crippen molar-refractivity contribution in [2.45, 2.75) is 29.5 Å². The van der Waals surface area contributed by atoms with Crippen molar-refractivity contribution in [1.82, 2.24) is 25.4 Å². The molecule has 2 aromatic heterocycles. The minimum Gasteiger partial charge on any atom is -0.410 e. The van der Waals surface area contributed by atoms with Gasteiger partial charge in [0.05, 0.1) is 16.6 Å². The maximum Gasteiger partial charge on any atom is 0.501 e. The number of aromatic nitrogens is 3. The molecule has 38 heavy (non-hydrogen) atoms. The summed E-state index contributed by atoms with van der Waals surface area (Å²) in [6.45, 7) is 1.06. The number of carbonyl (C=O) groups excluding carboxylic acids is 1. The van der Waals surface area contributed by atoms with Crippen LogP contribution in [-0.2, 0) is 22.9 Å². The van der Waals surface area contributed by atoms with Gasteiger partial charge in [-0.2, -0.15) is 18.3 Å². The Morgan fingerprint density at radius 2 is 1.97 bits per heavy atom. The Morgan fingerprint density at radius 1 is 1.16 bits per heavy atom. The van der Waals surface area contributed by atoms with Gasteiger partial charge in [0, 0.05) is 61.8 Å². The number of pyridine rings is 1. The van der Waals surface area contributed by atoms with Crippen molar-refractivity contribution in [3.63, 3.8) is 0 Å². The van der Waals surface area contributed by atoms with Gasteiger partial charge in [-0.05, 0) is 30.3 Å². The van der Waals surface area contributed by atoms with E-state index in [4.69, 9.17) is 4.74 Å². The van der Waals surface area contributed by atoms with Gasteiger partial charge in [0.1, 0.15) is 18.2 Å². The predicted octanol–water partition coefficient (Wildman–Crippen LogP) is 3.03. The molecule has 10 nitrogen and oxygen atoms in total. The number of H-pyrrole nitrogens is 1. The smallest absolute Gasteiger partial charge is 0.410 e. The van der Waals surface area contributed by atoms with Crippen LogP contribution in [-0.4, -0.2) is 72.5 Å². The highest BCUT2D eigenvalue weighted by atomic mass is 32.2. The first-order valence-electron chi connectivity index (χ1n) is 11.5. The largest absolute Gasteiger partial charge is 0.501 e. The number of anilines is 1. The van der Waals surface area contributed by atoms with Gasteiger partial charge in [0.2, 0.25) is 0 Å². The number of piperazine rings is 1. The summed E-state index contributed by atoms with van der Waals surface area (Å²) in [5, 5.41) is 9.81. The van der Waals surface area contributed by atoms with Crippen molar-refractivity contribution < 1.29 is 35.5 Å².